The Bertz CT molecular complexity index is 724. The molecule has 0 radical (unpaired) electrons. The van der Waals surface area contributed by atoms with Gasteiger partial charge in [-0.25, -0.2) is 0 Å². The maximum Gasteiger partial charge on any atom is 0.264 e. The zero-order chi connectivity index (χ0) is 19.3. The summed E-state index contributed by atoms with van der Waals surface area (Å²) in [6.07, 6.45) is 1.80. The first kappa shape index (κ1) is 21.5. The van der Waals surface area contributed by atoms with Crippen molar-refractivity contribution >= 4 is 20.2 Å². The summed E-state index contributed by atoms with van der Waals surface area (Å²) in [6, 6.07) is 3.15. The molecule has 0 saturated heterocycles. The van der Waals surface area contributed by atoms with E-state index in [1.165, 1.54) is 21.3 Å². The summed E-state index contributed by atoms with van der Waals surface area (Å²) in [5.41, 5.74) is 0.502. The highest BCUT2D eigenvalue weighted by Gasteiger charge is 2.22. The van der Waals surface area contributed by atoms with E-state index in [1.54, 1.807) is 12.1 Å². The fourth-order valence-corrected chi connectivity index (χ4v) is 2.81. The second-order valence-corrected chi connectivity index (χ2v) is 8.42. The van der Waals surface area contributed by atoms with Crippen LogP contribution in [0.4, 0.5) is 0 Å². The molecule has 0 amide bonds. The SMILES string of the molecule is COc1cc(C(COS(C)(=O)=O)COS(C)(=O)=O)cc(OC)c1OC. The molecule has 11 heteroatoms. The van der Waals surface area contributed by atoms with Gasteiger partial charge in [-0.15, -0.1) is 0 Å². The lowest BCUT2D eigenvalue weighted by atomic mass is 10.00. The minimum atomic E-state index is -3.72. The van der Waals surface area contributed by atoms with Crippen LogP contribution in [0, 0.1) is 0 Å². The van der Waals surface area contributed by atoms with Crippen LogP contribution >= 0.6 is 0 Å². The van der Waals surface area contributed by atoms with Gasteiger partial charge in [0.2, 0.25) is 5.75 Å². The summed E-state index contributed by atoms with van der Waals surface area (Å²) in [4.78, 5) is 0. The van der Waals surface area contributed by atoms with E-state index >= 15 is 0 Å². The van der Waals surface area contributed by atoms with Gasteiger partial charge in [-0.1, -0.05) is 0 Å². The minimum Gasteiger partial charge on any atom is -0.493 e. The van der Waals surface area contributed by atoms with E-state index < -0.39 is 26.2 Å². The summed E-state index contributed by atoms with van der Waals surface area (Å²) in [5, 5.41) is 0. The Morgan fingerprint density at radius 2 is 1.20 bits per heavy atom. The molecule has 0 heterocycles. The highest BCUT2D eigenvalue weighted by molar-refractivity contribution is 7.86. The van der Waals surface area contributed by atoms with E-state index in [-0.39, 0.29) is 13.2 Å². The molecule has 0 fully saturated rings. The highest BCUT2D eigenvalue weighted by atomic mass is 32.2. The Labute approximate surface area is 148 Å². The molecule has 9 nitrogen and oxygen atoms in total. The van der Waals surface area contributed by atoms with Gasteiger partial charge in [0.25, 0.3) is 20.2 Å². The van der Waals surface area contributed by atoms with E-state index in [1.807, 2.05) is 0 Å². The van der Waals surface area contributed by atoms with E-state index in [9.17, 15) is 16.8 Å². The molecule has 0 spiro atoms. The van der Waals surface area contributed by atoms with E-state index in [0.29, 0.717) is 22.8 Å². The monoisotopic (exact) mass is 398 g/mol. The van der Waals surface area contributed by atoms with Gasteiger partial charge in [0.15, 0.2) is 11.5 Å². The van der Waals surface area contributed by atoms with Crippen molar-refractivity contribution < 1.29 is 39.4 Å². The summed E-state index contributed by atoms with van der Waals surface area (Å²) in [5.74, 6) is 0.305. The fourth-order valence-electron chi connectivity index (χ4n) is 1.99. The van der Waals surface area contributed by atoms with Crippen LogP contribution in [-0.4, -0.2) is 63.9 Å². The Kier molecular flexibility index (Phi) is 7.47. The maximum absolute atomic E-state index is 11.3. The lowest BCUT2D eigenvalue weighted by molar-refractivity contribution is 0.228. The van der Waals surface area contributed by atoms with E-state index in [0.717, 1.165) is 12.5 Å². The summed E-state index contributed by atoms with van der Waals surface area (Å²) in [7, 11) is -3.14. The van der Waals surface area contributed by atoms with Crippen molar-refractivity contribution in [3.05, 3.63) is 17.7 Å². The van der Waals surface area contributed by atoms with Crippen LogP contribution < -0.4 is 14.2 Å². The average molecular weight is 398 g/mol. The Hall–Kier alpha value is -1.56. The van der Waals surface area contributed by atoms with Crippen LogP contribution in [-0.2, 0) is 28.6 Å². The molecule has 1 rings (SSSR count). The van der Waals surface area contributed by atoms with E-state index in [2.05, 4.69) is 0 Å². The highest BCUT2D eigenvalue weighted by Crippen LogP contribution is 2.40. The molecule has 1 aromatic carbocycles. The lowest BCUT2D eigenvalue weighted by Gasteiger charge is -2.20. The van der Waals surface area contributed by atoms with Crippen LogP contribution in [0.1, 0.15) is 11.5 Å². The Balaban J connectivity index is 3.27. The second-order valence-electron chi connectivity index (χ2n) is 5.13. The number of benzene rings is 1. The molecule has 0 aliphatic heterocycles. The number of hydrogen-bond acceptors (Lipinski definition) is 9. The first-order chi connectivity index (χ1) is 11.5. The first-order valence-electron chi connectivity index (χ1n) is 6.99. The van der Waals surface area contributed by atoms with Crippen molar-refractivity contribution in [2.24, 2.45) is 0 Å². The number of rotatable bonds is 10. The van der Waals surface area contributed by atoms with E-state index in [4.69, 9.17) is 22.6 Å². The van der Waals surface area contributed by atoms with Crippen molar-refractivity contribution in [1.82, 2.24) is 0 Å². The number of ether oxygens (including phenoxy) is 3. The third kappa shape index (κ3) is 7.06. The Morgan fingerprint density at radius 1 is 0.800 bits per heavy atom. The second kappa shape index (κ2) is 8.70. The third-order valence-electron chi connectivity index (χ3n) is 3.13. The zero-order valence-corrected chi connectivity index (χ0v) is 16.3. The molecule has 0 aliphatic rings. The third-order valence-corrected chi connectivity index (χ3v) is 4.25. The molecule has 0 bridgehead atoms. The average Bonchev–Trinajstić information content (AvgIpc) is 2.51. The summed E-state index contributed by atoms with van der Waals surface area (Å²) < 4.78 is 70.3. The van der Waals surface area contributed by atoms with Crippen LogP contribution in [0.3, 0.4) is 0 Å². The molecule has 0 atom stereocenters. The maximum atomic E-state index is 11.3. The molecule has 25 heavy (non-hydrogen) atoms. The van der Waals surface area contributed by atoms with Gasteiger partial charge in [0.1, 0.15) is 0 Å². The summed E-state index contributed by atoms with van der Waals surface area (Å²) in [6.45, 7) is -0.625. The van der Waals surface area contributed by atoms with Gasteiger partial charge in [0.05, 0.1) is 47.1 Å². The molecule has 144 valence electrons. The molecule has 0 N–H and O–H groups in total. The standard InChI is InChI=1S/C14H22O9S2/c1-19-12-6-10(7-13(20-2)14(12)21-3)11(8-22-24(4,15)16)9-23-25(5,17)18/h6-7,11H,8-9H2,1-5H3. The van der Waals surface area contributed by atoms with Crippen LogP contribution in [0.25, 0.3) is 0 Å². The minimum absolute atomic E-state index is 0.313. The predicted octanol–water partition coefficient (Wildman–Crippen LogP) is 0.748. The quantitative estimate of drug-likeness (QED) is 0.527. The molecule has 0 saturated carbocycles. The molecular weight excluding hydrogens is 376 g/mol. The van der Waals surface area contributed by atoms with Crippen LogP contribution in [0.5, 0.6) is 17.2 Å². The van der Waals surface area contributed by atoms with Crippen molar-refractivity contribution in [2.75, 3.05) is 47.1 Å². The molecular formula is C14H22O9S2. The topological polar surface area (TPSA) is 114 Å². The molecule has 1 aromatic rings. The van der Waals surface area contributed by atoms with Gasteiger partial charge in [-0.2, -0.15) is 16.8 Å². The van der Waals surface area contributed by atoms with Gasteiger partial charge < -0.3 is 14.2 Å². The van der Waals surface area contributed by atoms with Crippen molar-refractivity contribution in [3.63, 3.8) is 0 Å². The van der Waals surface area contributed by atoms with Gasteiger partial charge in [-0.3, -0.25) is 8.37 Å². The smallest absolute Gasteiger partial charge is 0.264 e. The normalized spacial score (nSPS) is 12.2. The van der Waals surface area contributed by atoms with Crippen molar-refractivity contribution in [3.8, 4) is 17.2 Å². The first-order valence-corrected chi connectivity index (χ1v) is 10.6. The number of methoxy groups -OCH3 is 3. The van der Waals surface area contributed by atoms with Crippen LogP contribution in [0.15, 0.2) is 12.1 Å². The van der Waals surface area contributed by atoms with Crippen LogP contribution in [0.2, 0.25) is 0 Å². The molecule has 0 aliphatic carbocycles. The predicted molar refractivity (Wildman–Crippen MR) is 90.4 cm³/mol. The van der Waals surface area contributed by atoms with Gasteiger partial charge in [-0.05, 0) is 17.7 Å². The van der Waals surface area contributed by atoms with Crippen molar-refractivity contribution in [2.45, 2.75) is 5.92 Å². The molecule has 0 unspecified atom stereocenters. The molecule has 0 aromatic heterocycles. The fraction of sp³-hybridized carbons (Fsp3) is 0.571. The van der Waals surface area contributed by atoms with Gasteiger partial charge >= 0.3 is 0 Å². The largest absolute Gasteiger partial charge is 0.493 e. The Morgan fingerprint density at radius 3 is 1.48 bits per heavy atom. The lowest BCUT2D eigenvalue weighted by Crippen LogP contribution is -2.19. The van der Waals surface area contributed by atoms with Gasteiger partial charge in [0, 0.05) is 5.92 Å². The van der Waals surface area contributed by atoms with Crippen molar-refractivity contribution in [1.29, 1.82) is 0 Å². The number of hydrogen-bond donors (Lipinski definition) is 0. The zero-order valence-electron chi connectivity index (χ0n) is 14.6. The summed E-state index contributed by atoms with van der Waals surface area (Å²) >= 11 is 0.